The topological polar surface area (TPSA) is 84.9 Å². The summed E-state index contributed by atoms with van der Waals surface area (Å²) in [5.41, 5.74) is 0.486. The average Bonchev–Trinajstić information content (AvgIpc) is 2.32. The van der Waals surface area contributed by atoms with Crippen LogP contribution in [0.3, 0.4) is 0 Å². The van der Waals surface area contributed by atoms with E-state index in [2.05, 4.69) is 0 Å². The van der Waals surface area contributed by atoms with Crippen molar-refractivity contribution in [2.75, 3.05) is 13.9 Å². The van der Waals surface area contributed by atoms with Crippen LogP contribution in [0, 0.1) is 0 Å². The fourth-order valence-electron chi connectivity index (χ4n) is 1.68. The molecule has 1 rings (SSSR count). The van der Waals surface area contributed by atoms with Crippen LogP contribution in [0.5, 0.6) is 0 Å². The highest BCUT2D eigenvalue weighted by Crippen LogP contribution is 2.33. The van der Waals surface area contributed by atoms with E-state index in [1.165, 1.54) is 14.0 Å². The van der Waals surface area contributed by atoms with Gasteiger partial charge in [-0.25, -0.2) is 0 Å². The summed E-state index contributed by atoms with van der Waals surface area (Å²) in [5.74, 6) is 0. The monoisotopic (exact) mass is 343 g/mol. The fraction of sp³-hybridized carbons (Fsp3) is 0.455. The first-order valence-corrected chi connectivity index (χ1v) is 7.75. The summed E-state index contributed by atoms with van der Waals surface area (Å²) >= 11 is 12.0. The van der Waals surface area contributed by atoms with Crippen LogP contribution in [-0.2, 0) is 19.8 Å². The van der Waals surface area contributed by atoms with Gasteiger partial charge in [0.05, 0.1) is 16.1 Å². The van der Waals surface area contributed by atoms with Gasteiger partial charge in [0.15, 0.2) is 0 Å². The van der Waals surface area contributed by atoms with Crippen molar-refractivity contribution in [2.45, 2.75) is 19.1 Å². The van der Waals surface area contributed by atoms with E-state index in [0.29, 0.717) is 10.6 Å². The van der Waals surface area contributed by atoms with Crippen LogP contribution in [0.25, 0.3) is 0 Å². The zero-order chi connectivity index (χ0) is 15.3. The Morgan fingerprint density at radius 2 is 2.05 bits per heavy atom. The van der Waals surface area contributed by atoms with Crippen LogP contribution in [0.2, 0.25) is 10.0 Å². The van der Waals surface area contributed by atoms with Gasteiger partial charge < -0.3 is 9.47 Å². The van der Waals surface area contributed by atoms with Gasteiger partial charge in [-0.05, 0) is 13.0 Å². The first-order valence-electron chi connectivity index (χ1n) is 5.55. The number of benzene rings is 1. The summed E-state index contributed by atoms with van der Waals surface area (Å²) in [6.45, 7) is 1.44. The molecule has 1 aromatic carbocycles. The molecule has 2 atom stereocenters. The van der Waals surface area contributed by atoms with E-state index < -0.39 is 22.4 Å². The molecular weight excluding hydrogens is 329 g/mol. The van der Waals surface area contributed by atoms with E-state index in [4.69, 9.17) is 37.2 Å². The third-order valence-electron chi connectivity index (χ3n) is 2.44. The zero-order valence-electron chi connectivity index (χ0n) is 10.8. The molecule has 0 aliphatic heterocycles. The second-order valence-electron chi connectivity index (χ2n) is 4.02. The summed E-state index contributed by atoms with van der Waals surface area (Å²) in [4.78, 5) is 0. The summed E-state index contributed by atoms with van der Waals surface area (Å²) in [6, 6.07) is 4.13. The summed E-state index contributed by atoms with van der Waals surface area (Å²) < 4.78 is 42.9. The first-order chi connectivity index (χ1) is 9.26. The molecule has 0 aromatic heterocycles. The number of hydrogen-bond acceptors (Lipinski definition) is 4. The van der Waals surface area contributed by atoms with E-state index in [1.54, 1.807) is 18.2 Å². The average molecular weight is 344 g/mol. The summed E-state index contributed by atoms with van der Waals surface area (Å²) in [7, 11) is -2.94. The molecule has 2 N–H and O–H groups in total. The van der Waals surface area contributed by atoms with Gasteiger partial charge in [-0.3, -0.25) is 4.55 Å². The molecule has 0 radical (unpaired) electrons. The van der Waals surface area contributed by atoms with Gasteiger partial charge in [0.2, 0.25) is 0 Å². The van der Waals surface area contributed by atoms with Crippen molar-refractivity contribution in [3.63, 3.8) is 0 Å². The molecule has 0 spiro atoms. The number of ether oxygens (including phenoxy) is 2. The lowest BCUT2D eigenvalue weighted by atomic mass is 10.0. The third kappa shape index (κ3) is 5.17. The second-order valence-corrected chi connectivity index (χ2v) is 5.99. The first kappa shape index (κ1) is 17.6. The molecule has 0 bridgehead atoms. The maximum Gasteiger partial charge on any atom is 0.333 e. The van der Waals surface area contributed by atoms with Gasteiger partial charge in [-0.1, -0.05) is 35.3 Å². The Morgan fingerprint density at radius 3 is 2.60 bits per heavy atom. The van der Waals surface area contributed by atoms with E-state index >= 15 is 0 Å². The van der Waals surface area contributed by atoms with Crippen molar-refractivity contribution in [3.8, 4) is 0 Å². The van der Waals surface area contributed by atoms with E-state index in [-0.39, 0.29) is 11.8 Å². The minimum atomic E-state index is -4.37. The van der Waals surface area contributed by atoms with Crippen LogP contribution in [0.1, 0.15) is 18.6 Å². The van der Waals surface area contributed by atoms with Crippen molar-refractivity contribution in [1.29, 1.82) is 0 Å². The fourth-order valence-corrected chi connectivity index (χ4v) is 2.69. The quantitative estimate of drug-likeness (QED) is 0.586. The van der Waals surface area contributed by atoms with Crippen LogP contribution in [-0.4, -0.2) is 32.9 Å². The molecule has 0 heterocycles. The van der Waals surface area contributed by atoms with Gasteiger partial charge in [-0.2, -0.15) is 13.1 Å². The molecule has 0 unspecified atom stereocenters. The molecule has 1 aromatic rings. The Balaban J connectivity index is 3.08. The van der Waals surface area contributed by atoms with Crippen molar-refractivity contribution >= 4 is 33.5 Å². The Morgan fingerprint density at radius 1 is 1.40 bits per heavy atom. The number of rotatable bonds is 7. The Kier molecular flexibility index (Phi) is 6.67. The highest BCUT2D eigenvalue weighted by Gasteiger charge is 2.26. The lowest BCUT2D eigenvalue weighted by molar-refractivity contribution is -0.0814. The van der Waals surface area contributed by atoms with Gasteiger partial charge in [0, 0.05) is 12.7 Å². The predicted molar refractivity (Wildman–Crippen MR) is 76.3 cm³/mol. The predicted octanol–water partition coefficient (Wildman–Crippen LogP) is 2.44. The van der Waals surface area contributed by atoms with Crippen LogP contribution < -0.4 is 4.72 Å². The lowest BCUT2D eigenvalue weighted by Crippen LogP contribution is -2.38. The summed E-state index contributed by atoms with van der Waals surface area (Å²) in [5, 5.41) is 0.563. The Hall–Kier alpha value is -0.410. The molecular formula is C11H15Cl2NO5S. The van der Waals surface area contributed by atoms with Crippen molar-refractivity contribution < 1.29 is 22.4 Å². The standard InChI is InChI=1S/C11H15Cl2NO5S/c1-7(14-20(15,16)17)11(19-6-18-2)8-4-3-5-9(12)10(8)13/h3-5,7,11,14H,6H2,1-2H3,(H,15,16,17)/t7-,11+/m0/s1. The lowest BCUT2D eigenvalue weighted by Gasteiger charge is -2.25. The molecule has 0 saturated heterocycles. The number of hydrogen-bond donors (Lipinski definition) is 2. The molecule has 0 amide bonds. The molecule has 20 heavy (non-hydrogen) atoms. The van der Waals surface area contributed by atoms with Crippen LogP contribution >= 0.6 is 23.2 Å². The minimum absolute atomic E-state index is 0.0784. The Bertz CT molecular complexity index is 552. The van der Waals surface area contributed by atoms with Crippen molar-refractivity contribution in [1.82, 2.24) is 4.72 Å². The van der Waals surface area contributed by atoms with Gasteiger partial charge >= 0.3 is 10.3 Å². The molecule has 0 fully saturated rings. The number of nitrogens with one attached hydrogen (secondary N) is 1. The molecule has 0 aliphatic carbocycles. The highest BCUT2D eigenvalue weighted by atomic mass is 35.5. The SMILES string of the molecule is COCO[C@@H](c1cccc(Cl)c1Cl)[C@H](C)NS(=O)(=O)O. The summed E-state index contributed by atoms with van der Waals surface area (Å²) in [6.07, 6.45) is -0.775. The van der Waals surface area contributed by atoms with Gasteiger partial charge in [0.1, 0.15) is 12.9 Å². The molecule has 0 aliphatic rings. The molecule has 6 nitrogen and oxygen atoms in total. The van der Waals surface area contributed by atoms with Gasteiger partial charge in [0.25, 0.3) is 0 Å². The highest BCUT2D eigenvalue weighted by molar-refractivity contribution is 7.83. The van der Waals surface area contributed by atoms with Crippen LogP contribution in [0.15, 0.2) is 18.2 Å². The largest absolute Gasteiger partial charge is 0.359 e. The van der Waals surface area contributed by atoms with Gasteiger partial charge in [-0.15, -0.1) is 0 Å². The van der Waals surface area contributed by atoms with E-state index in [0.717, 1.165) is 0 Å². The molecule has 0 saturated carbocycles. The van der Waals surface area contributed by atoms with Crippen molar-refractivity contribution in [2.24, 2.45) is 0 Å². The maximum absolute atomic E-state index is 10.9. The molecule has 114 valence electrons. The zero-order valence-corrected chi connectivity index (χ0v) is 13.2. The number of methoxy groups -OCH3 is 1. The van der Waals surface area contributed by atoms with Crippen LogP contribution in [0.4, 0.5) is 0 Å². The Labute approximate surface area is 127 Å². The molecule has 9 heteroatoms. The maximum atomic E-state index is 10.9. The van der Waals surface area contributed by atoms with Crippen molar-refractivity contribution in [3.05, 3.63) is 33.8 Å². The second kappa shape index (κ2) is 7.56. The smallest absolute Gasteiger partial charge is 0.333 e. The number of halogens is 2. The van der Waals surface area contributed by atoms with E-state index in [1.807, 2.05) is 4.72 Å². The normalized spacial score (nSPS) is 15.1. The third-order valence-corrected chi connectivity index (χ3v) is 3.95. The minimum Gasteiger partial charge on any atom is -0.359 e. The van der Waals surface area contributed by atoms with E-state index in [9.17, 15) is 8.42 Å².